The molecule has 2 atom stereocenters. The lowest BCUT2D eigenvalue weighted by Crippen LogP contribution is -2.32. The van der Waals surface area contributed by atoms with Crippen molar-refractivity contribution in [3.05, 3.63) is 22.0 Å². The number of aromatic nitrogens is 2. The van der Waals surface area contributed by atoms with Crippen LogP contribution in [-0.2, 0) is 0 Å². The molecular formula is C10H15N3O3. The molecule has 1 aliphatic rings. The van der Waals surface area contributed by atoms with E-state index in [1.807, 2.05) is 0 Å². The molecule has 6 nitrogen and oxygen atoms in total. The van der Waals surface area contributed by atoms with Crippen molar-refractivity contribution in [2.24, 2.45) is 0 Å². The Balaban J connectivity index is 2.38. The van der Waals surface area contributed by atoms with Gasteiger partial charge in [0.15, 0.2) is 0 Å². The maximum Gasteiger partial charge on any atom is 0.309 e. The first-order valence-corrected chi connectivity index (χ1v) is 5.34. The van der Waals surface area contributed by atoms with E-state index in [0.29, 0.717) is 12.1 Å². The van der Waals surface area contributed by atoms with Crippen molar-refractivity contribution in [1.82, 2.24) is 9.78 Å². The molecule has 0 saturated heterocycles. The minimum atomic E-state index is -0.815. The fourth-order valence-corrected chi connectivity index (χ4v) is 2.42. The monoisotopic (exact) mass is 225 g/mol. The van der Waals surface area contributed by atoms with Gasteiger partial charge < -0.3 is 5.11 Å². The van der Waals surface area contributed by atoms with Gasteiger partial charge in [0.05, 0.1) is 16.6 Å². The molecule has 0 bridgehead atoms. The molecule has 0 radical (unpaired) electrons. The van der Waals surface area contributed by atoms with Gasteiger partial charge in [0, 0.05) is 0 Å². The van der Waals surface area contributed by atoms with Crippen LogP contribution < -0.4 is 0 Å². The van der Waals surface area contributed by atoms with E-state index in [0.717, 1.165) is 12.8 Å². The Hall–Kier alpha value is -1.43. The first-order chi connectivity index (χ1) is 7.43. The highest BCUT2D eigenvalue weighted by Gasteiger charge is 2.40. The van der Waals surface area contributed by atoms with Gasteiger partial charge in [-0.25, -0.2) is 0 Å². The largest absolute Gasteiger partial charge is 0.388 e. The highest BCUT2D eigenvalue weighted by Crippen LogP contribution is 2.40. The quantitative estimate of drug-likeness (QED) is 0.612. The van der Waals surface area contributed by atoms with Crippen LogP contribution >= 0.6 is 0 Å². The Morgan fingerprint density at radius 2 is 2.44 bits per heavy atom. The second-order valence-corrected chi connectivity index (χ2v) is 4.58. The van der Waals surface area contributed by atoms with E-state index in [4.69, 9.17) is 0 Å². The van der Waals surface area contributed by atoms with E-state index >= 15 is 0 Å². The third kappa shape index (κ3) is 1.59. The lowest BCUT2D eigenvalue weighted by Gasteiger charge is -2.26. The molecule has 0 spiro atoms. The van der Waals surface area contributed by atoms with Crippen molar-refractivity contribution >= 4 is 5.69 Å². The molecule has 0 aromatic carbocycles. The van der Waals surface area contributed by atoms with E-state index in [1.165, 1.54) is 6.20 Å². The molecular weight excluding hydrogens is 210 g/mol. The van der Waals surface area contributed by atoms with Crippen LogP contribution in [-0.4, -0.2) is 25.4 Å². The highest BCUT2D eigenvalue weighted by atomic mass is 16.6. The molecule has 0 amide bonds. The summed E-state index contributed by atoms with van der Waals surface area (Å²) in [5.41, 5.74) is -0.287. The van der Waals surface area contributed by atoms with Crippen molar-refractivity contribution in [3.8, 4) is 0 Å². The number of hydrogen-bond acceptors (Lipinski definition) is 4. The molecule has 1 saturated carbocycles. The van der Waals surface area contributed by atoms with Crippen LogP contribution in [0.15, 0.2) is 6.20 Å². The van der Waals surface area contributed by atoms with Gasteiger partial charge in [-0.05, 0) is 33.1 Å². The SMILES string of the molecule is Cc1c([N+](=O)[O-])cnn1C1CCCC1(C)O. The number of aliphatic hydroxyl groups is 1. The maximum atomic E-state index is 10.7. The van der Waals surface area contributed by atoms with Gasteiger partial charge in [-0.1, -0.05) is 0 Å². The first-order valence-electron chi connectivity index (χ1n) is 5.34. The van der Waals surface area contributed by atoms with E-state index < -0.39 is 10.5 Å². The Morgan fingerprint density at radius 1 is 1.75 bits per heavy atom. The fraction of sp³-hybridized carbons (Fsp3) is 0.700. The van der Waals surface area contributed by atoms with Gasteiger partial charge in [-0.3, -0.25) is 14.8 Å². The number of rotatable bonds is 2. The minimum absolute atomic E-state index is 0.0164. The Bertz CT molecular complexity index is 425. The summed E-state index contributed by atoms with van der Waals surface area (Å²) in [5, 5.41) is 24.9. The van der Waals surface area contributed by atoms with Crippen molar-refractivity contribution in [2.75, 3.05) is 0 Å². The number of nitro groups is 1. The summed E-state index contributed by atoms with van der Waals surface area (Å²) in [5.74, 6) is 0. The molecule has 1 aliphatic carbocycles. The summed E-state index contributed by atoms with van der Waals surface area (Å²) in [6, 6.07) is -0.152. The zero-order valence-corrected chi connectivity index (χ0v) is 9.38. The fourth-order valence-electron chi connectivity index (χ4n) is 2.42. The van der Waals surface area contributed by atoms with Crippen LogP contribution in [0.4, 0.5) is 5.69 Å². The zero-order chi connectivity index (χ0) is 11.9. The molecule has 1 aromatic heterocycles. The number of hydrogen-bond donors (Lipinski definition) is 1. The van der Waals surface area contributed by atoms with Gasteiger partial charge >= 0.3 is 5.69 Å². The van der Waals surface area contributed by atoms with Crippen molar-refractivity contribution < 1.29 is 10.0 Å². The second-order valence-electron chi connectivity index (χ2n) is 4.58. The molecule has 1 aromatic rings. The van der Waals surface area contributed by atoms with Gasteiger partial charge in [0.1, 0.15) is 11.9 Å². The van der Waals surface area contributed by atoms with Crippen molar-refractivity contribution in [2.45, 2.75) is 44.8 Å². The van der Waals surface area contributed by atoms with Crippen LogP contribution in [0.5, 0.6) is 0 Å². The summed E-state index contributed by atoms with van der Waals surface area (Å²) in [6.45, 7) is 3.43. The van der Waals surface area contributed by atoms with E-state index in [9.17, 15) is 15.2 Å². The third-order valence-electron chi connectivity index (χ3n) is 3.39. The van der Waals surface area contributed by atoms with Crippen LogP contribution in [0.25, 0.3) is 0 Å². The molecule has 1 fully saturated rings. The lowest BCUT2D eigenvalue weighted by atomic mass is 10.0. The Labute approximate surface area is 93.0 Å². The number of nitrogens with zero attached hydrogens (tertiary/aromatic N) is 3. The van der Waals surface area contributed by atoms with Crippen LogP contribution in [0.3, 0.4) is 0 Å². The predicted molar refractivity (Wildman–Crippen MR) is 57.1 cm³/mol. The molecule has 2 unspecified atom stereocenters. The summed E-state index contributed by atoms with van der Waals surface area (Å²) in [6.07, 6.45) is 3.70. The molecule has 88 valence electrons. The van der Waals surface area contributed by atoms with Crippen molar-refractivity contribution in [1.29, 1.82) is 0 Å². The summed E-state index contributed by atoms with van der Waals surface area (Å²) < 4.78 is 1.59. The average Bonchev–Trinajstić information content (AvgIpc) is 2.68. The van der Waals surface area contributed by atoms with E-state index in [1.54, 1.807) is 18.5 Å². The molecule has 1 heterocycles. The van der Waals surface area contributed by atoms with Crippen LogP contribution in [0.1, 0.15) is 37.9 Å². The Kier molecular flexibility index (Phi) is 2.46. The standard InChI is InChI=1S/C10H15N3O3/c1-7-8(13(15)16)6-11-12(7)9-4-3-5-10(9,2)14/h6,9,14H,3-5H2,1-2H3. The molecule has 0 aliphatic heterocycles. The van der Waals surface area contributed by atoms with Crippen LogP contribution in [0.2, 0.25) is 0 Å². The van der Waals surface area contributed by atoms with E-state index in [-0.39, 0.29) is 11.7 Å². The van der Waals surface area contributed by atoms with Gasteiger partial charge in [0.25, 0.3) is 0 Å². The zero-order valence-electron chi connectivity index (χ0n) is 9.38. The second kappa shape index (κ2) is 3.55. The predicted octanol–water partition coefficient (Wildman–Crippen LogP) is 1.58. The maximum absolute atomic E-state index is 10.7. The molecule has 2 rings (SSSR count). The molecule has 1 N–H and O–H groups in total. The Morgan fingerprint density at radius 3 is 2.88 bits per heavy atom. The van der Waals surface area contributed by atoms with Crippen LogP contribution in [0, 0.1) is 17.0 Å². The minimum Gasteiger partial charge on any atom is -0.388 e. The summed E-state index contributed by atoms with van der Waals surface area (Å²) in [4.78, 5) is 10.3. The van der Waals surface area contributed by atoms with E-state index in [2.05, 4.69) is 5.10 Å². The van der Waals surface area contributed by atoms with Crippen molar-refractivity contribution in [3.63, 3.8) is 0 Å². The third-order valence-corrected chi connectivity index (χ3v) is 3.39. The van der Waals surface area contributed by atoms with Gasteiger partial charge in [-0.15, -0.1) is 0 Å². The summed E-state index contributed by atoms with van der Waals surface area (Å²) in [7, 11) is 0. The highest BCUT2D eigenvalue weighted by molar-refractivity contribution is 5.32. The summed E-state index contributed by atoms with van der Waals surface area (Å²) >= 11 is 0. The normalized spacial score (nSPS) is 29.6. The van der Waals surface area contributed by atoms with Gasteiger partial charge in [-0.2, -0.15) is 5.10 Å². The molecule has 16 heavy (non-hydrogen) atoms. The first kappa shape index (κ1) is 11.1. The average molecular weight is 225 g/mol. The smallest absolute Gasteiger partial charge is 0.309 e. The van der Waals surface area contributed by atoms with Gasteiger partial charge in [0.2, 0.25) is 0 Å². The molecule has 6 heteroatoms. The lowest BCUT2D eigenvalue weighted by molar-refractivity contribution is -0.385. The topological polar surface area (TPSA) is 81.2 Å².